The normalized spacial score (nSPS) is 11.3. The maximum absolute atomic E-state index is 5.87. The van der Waals surface area contributed by atoms with Crippen LogP contribution in [0.3, 0.4) is 0 Å². The fourth-order valence-corrected chi connectivity index (χ4v) is 3.37. The van der Waals surface area contributed by atoms with Crippen LogP contribution < -0.4 is 5.73 Å². The first-order valence-electron chi connectivity index (χ1n) is 6.14. The van der Waals surface area contributed by atoms with Gasteiger partial charge in [-0.15, -0.1) is 11.3 Å². The maximum Gasteiger partial charge on any atom is 0.0349 e. The third-order valence-electron chi connectivity index (χ3n) is 2.94. The monoisotopic (exact) mass is 260 g/mol. The summed E-state index contributed by atoms with van der Waals surface area (Å²) in [6, 6.07) is 8.54. The smallest absolute Gasteiger partial charge is 0.0349 e. The van der Waals surface area contributed by atoms with Crippen molar-refractivity contribution in [2.45, 2.75) is 20.0 Å². The Morgan fingerprint density at radius 1 is 1.39 bits per heavy atom. The van der Waals surface area contributed by atoms with Crippen LogP contribution in [0.25, 0.3) is 10.1 Å². The van der Waals surface area contributed by atoms with Crippen molar-refractivity contribution in [1.29, 1.82) is 0 Å². The number of rotatable bonds is 5. The zero-order valence-electron chi connectivity index (χ0n) is 11.1. The molecule has 0 atom stereocenters. The van der Waals surface area contributed by atoms with Gasteiger partial charge in [-0.05, 0) is 31.0 Å². The second kappa shape index (κ2) is 5.65. The molecule has 0 aliphatic rings. The predicted octanol–water partition coefficient (Wildman–Crippen LogP) is 3.37. The molecule has 2 nitrogen and oxygen atoms in total. The molecule has 96 valence electrons. The predicted molar refractivity (Wildman–Crippen MR) is 80.9 cm³/mol. The minimum Gasteiger partial charge on any atom is -0.326 e. The molecule has 0 saturated carbocycles. The summed E-state index contributed by atoms with van der Waals surface area (Å²) in [7, 11) is 2.13. The second-order valence-electron chi connectivity index (χ2n) is 4.83. The number of hydrogen-bond acceptors (Lipinski definition) is 3. The van der Waals surface area contributed by atoms with Gasteiger partial charge in [-0.3, -0.25) is 4.90 Å². The van der Waals surface area contributed by atoms with Gasteiger partial charge in [-0.25, -0.2) is 0 Å². The highest BCUT2D eigenvalue weighted by atomic mass is 32.1. The quantitative estimate of drug-likeness (QED) is 0.835. The molecule has 0 unspecified atom stereocenters. The van der Waals surface area contributed by atoms with Crippen molar-refractivity contribution >= 4 is 21.4 Å². The van der Waals surface area contributed by atoms with E-state index in [4.69, 9.17) is 5.73 Å². The summed E-state index contributed by atoms with van der Waals surface area (Å²) >= 11 is 1.81. The molecule has 0 fully saturated rings. The highest BCUT2D eigenvalue weighted by molar-refractivity contribution is 7.19. The SMILES string of the molecule is C=C(C)CN(C)Cc1c(CN)sc2ccccc12. The van der Waals surface area contributed by atoms with E-state index < -0.39 is 0 Å². The average molecular weight is 260 g/mol. The zero-order valence-corrected chi connectivity index (χ0v) is 11.9. The molecule has 0 bridgehead atoms. The highest BCUT2D eigenvalue weighted by Gasteiger charge is 2.12. The van der Waals surface area contributed by atoms with E-state index in [0.717, 1.165) is 13.1 Å². The number of benzene rings is 1. The number of nitrogens with zero attached hydrogens (tertiary/aromatic N) is 1. The van der Waals surface area contributed by atoms with Crippen LogP contribution in [0.1, 0.15) is 17.4 Å². The van der Waals surface area contributed by atoms with Gasteiger partial charge in [0, 0.05) is 29.2 Å². The van der Waals surface area contributed by atoms with E-state index in [0.29, 0.717) is 6.54 Å². The summed E-state index contributed by atoms with van der Waals surface area (Å²) in [5.41, 5.74) is 8.43. The van der Waals surface area contributed by atoms with Crippen LogP contribution in [0.4, 0.5) is 0 Å². The van der Waals surface area contributed by atoms with Gasteiger partial charge in [-0.2, -0.15) is 0 Å². The van der Waals surface area contributed by atoms with Crippen molar-refractivity contribution < 1.29 is 0 Å². The Hall–Kier alpha value is -1.16. The summed E-state index contributed by atoms with van der Waals surface area (Å²) in [6.45, 7) is 8.51. The molecular formula is C15H20N2S. The van der Waals surface area contributed by atoms with Gasteiger partial charge in [0.2, 0.25) is 0 Å². The third-order valence-corrected chi connectivity index (χ3v) is 4.17. The standard InChI is InChI=1S/C15H20N2S/c1-11(2)9-17(3)10-13-12-6-4-5-7-14(12)18-15(13)8-16/h4-7H,1,8-10,16H2,2-3H3. The molecule has 0 amide bonds. The Labute approximate surface area is 113 Å². The molecule has 0 radical (unpaired) electrons. The van der Waals surface area contributed by atoms with Crippen LogP contribution in [0.2, 0.25) is 0 Å². The lowest BCUT2D eigenvalue weighted by Crippen LogP contribution is -2.20. The van der Waals surface area contributed by atoms with E-state index in [1.807, 2.05) is 11.3 Å². The van der Waals surface area contributed by atoms with E-state index in [1.165, 1.54) is 26.1 Å². The van der Waals surface area contributed by atoms with Crippen molar-refractivity contribution in [2.75, 3.05) is 13.6 Å². The minimum absolute atomic E-state index is 0.621. The molecular weight excluding hydrogens is 240 g/mol. The number of hydrogen-bond donors (Lipinski definition) is 1. The van der Waals surface area contributed by atoms with Crippen molar-refractivity contribution in [3.63, 3.8) is 0 Å². The van der Waals surface area contributed by atoms with Crippen LogP contribution in [-0.4, -0.2) is 18.5 Å². The summed E-state index contributed by atoms with van der Waals surface area (Å²) < 4.78 is 1.33. The summed E-state index contributed by atoms with van der Waals surface area (Å²) in [4.78, 5) is 3.58. The molecule has 1 aromatic carbocycles. The molecule has 2 N–H and O–H groups in total. The Bertz CT molecular complexity index is 557. The molecule has 3 heteroatoms. The van der Waals surface area contributed by atoms with Gasteiger partial charge in [0.1, 0.15) is 0 Å². The Morgan fingerprint density at radius 3 is 2.78 bits per heavy atom. The van der Waals surface area contributed by atoms with Gasteiger partial charge in [0.25, 0.3) is 0 Å². The average Bonchev–Trinajstić information content (AvgIpc) is 2.66. The van der Waals surface area contributed by atoms with Crippen molar-refractivity contribution in [2.24, 2.45) is 5.73 Å². The van der Waals surface area contributed by atoms with E-state index in [1.54, 1.807) is 0 Å². The first-order valence-corrected chi connectivity index (χ1v) is 6.95. The Kier molecular flexibility index (Phi) is 4.17. The van der Waals surface area contributed by atoms with E-state index in [9.17, 15) is 0 Å². The lowest BCUT2D eigenvalue weighted by Gasteiger charge is -2.17. The van der Waals surface area contributed by atoms with Crippen LogP contribution in [0.5, 0.6) is 0 Å². The molecule has 2 rings (SSSR count). The van der Waals surface area contributed by atoms with Gasteiger partial charge in [-0.1, -0.05) is 30.4 Å². The van der Waals surface area contributed by atoms with Crippen LogP contribution in [0, 0.1) is 0 Å². The summed E-state index contributed by atoms with van der Waals surface area (Å²) in [6.07, 6.45) is 0. The fraction of sp³-hybridized carbons (Fsp3) is 0.333. The van der Waals surface area contributed by atoms with Crippen LogP contribution in [-0.2, 0) is 13.1 Å². The highest BCUT2D eigenvalue weighted by Crippen LogP contribution is 2.31. The number of thiophene rings is 1. The molecule has 0 saturated heterocycles. The number of nitrogens with two attached hydrogens (primary N) is 1. The van der Waals surface area contributed by atoms with Crippen molar-refractivity contribution in [3.8, 4) is 0 Å². The molecule has 1 heterocycles. The molecule has 0 aliphatic heterocycles. The largest absolute Gasteiger partial charge is 0.326 e. The fourth-order valence-electron chi connectivity index (χ4n) is 2.27. The van der Waals surface area contributed by atoms with Crippen LogP contribution in [0.15, 0.2) is 36.4 Å². The molecule has 2 aromatic rings. The lowest BCUT2D eigenvalue weighted by atomic mass is 10.1. The first-order chi connectivity index (χ1) is 8.61. The molecule has 0 spiro atoms. The lowest BCUT2D eigenvalue weighted by molar-refractivity contribution is 0.356. The summed E-state index contributed by atoms with van der Waals surface area (Å²) in [5, 5.41) is 1.34. The molecule has 18 heavy (non-hydrogen) atoms. The third kappa shape index (κ3) is 2.80. The number of likely N-dealkylation sites (N-methyl/N-ethyl adjacent to an activating group) is 1. The number of fused-ring (bicyclic) bond motifs is 1. The first kappa shape index (κ1) is 13.3. The van der Waals surface area contributed by atoms with Crippen molar-refractivity contribution in [1.82, 2.24) is 4.90 Å². The summed E-state index contributed by atoms with van der Waals surface area (Å²) in [5.74, 6) is 0. The van der Waals surface area contributed by atoms with Gasteiger partial charge in [0.05, 0.1) is 0 Å². The van der Waals surface area contributed by atoms with Crippen LogP contribution >= 0.6 is 11.3 Å². The zero-order chi connectivity index (χ0) is 13.1. The van der Waals surface area contributed by atoms with E-state index >= 15 is 0 Å². The van der Waals surface area contributed by atoms with E-state index in [-0.39, 0.29) is 0 Å². The van der Waals surface area contributed by atoms with Crippen molar-refractivity contribution in [3.05, 3.63) is 46.9 Å². The van der Waals surface area contributed by atoms with E-state index in [2.05, 4.69) is 49.7 Å². The molecule has 1 aromatic heterocycles. The maximum atomic E-state index is 5.87. The topological polar surface area (TPSA) is 29.3 Å². The molecule has 0 aliphatic carbocycles. The van der Waals surface area contributed by atoms with Gasteiger partial charge >= 0.3 is 0 Å². The Morgan fingerprint density at radius 2 is 2.11 bits per heavy atom. The second-order valence-corrected chi connectivity index (χ2v) is 5.97. The minimum atomic E-state index is 0.621. The van der Waals surface area contributed by atoms with Gasteiger partial charge in [0.15, 0.2) is 0 Å². The van der Waals surface area contributed by atoms with Gasteiger partial charge < -0.3 is 5.73 Å². The Balaban J connectivity index is 2.33.